The van der Waals surface area contributed by atoms with Gasteiger partial charge in [-0.05, 0) is 49.2 Å². The SMILES string of the molecule is CN1C[C@@H]2CN(c3ccc(-c4ccc5[nH]ccc5c4)nn3)C[C@@H]2C1. The Balaban J connectivity index is 1.37. The zero-order valence-corrected chi connectivity index (χ0v) is 13.8. The van der Waals surface area contributed by atoms with Gasteiger partial charge in [0.05, 0.1) is 5.69 Å². The lowest BCUT2D eigenvalue weighted by Gasteiger charge is -2.19. The van der Waals surface area contributed by atoms with Gasteiger partial charge in [-0.1, -0.05) is 6.07 Å². The summed E-state index contributed by atoms with van der Waals surface area (Å²) in [6, 6.07) is 12.6. The van der Waals surface area contributed by atoms with Crippen LogP contribution in [0.4, 0.5) is 5.82 Å². The van der Waals surface area contributed by atoms with E-state index in [2.05, 4.69) is 68.4 Å². The number of benzene rings is 1. The Morgan fingerprint density at radius 2 is 1.79 bits per heavy atom. The average Bonchev–Trinajstić information content (AvgIpc) is 3.28. The number of anilines is 1. The summed E-state index contributed by atoms with van der Waals surface area (Å²) in [5.74, 6) is 2.58. The smallest absolute Gasteiger partial charge is 0.151 e. The monoisotopic (exact) mass is 319 g/mol. The van der Waals surface area contributed by atoms with E-state index in [0.29, 0.717) is 0 Å². The van der Waals surface area contributed by atoms with Crippen molar-refractivity contribution >= 4 is 16.7 Å². The first-order valence-electron chi connectivity index (χ1n) is 8.61. The van der Waals surface area contributed by atoms with Crippen LogP contribution in [0.5, 0.6) is 0 Å². The van der Waals surface area contributed by atoms with E-state index in [0.717, 1.165) is 47.5 Å². The fourth-order valence-electron chi connectivity index (χ4n) is 4.28. The average molecular weight is 319 g/mol. The van der Waals surface area contributed by atoms with E-state index >= 15 is 0 Å². The van der Waals surface area contributed by atoms with Crippen LogP contribution in [0, 0.1) is 11.8 Å². The number of likely N-dealkylation sites (tertiary alicyclic amines) is 1. The first-order chi connectivity index (χ1) is 11.8. The summed E-state index contributed by atoms with van der Waals surface area (Å²) in [5, 5.41) is 10.2. The van der Waals surface area contributed by atoms with E-state index in [1.165, 1.54) is 18.5 Å². The second-order valence-electron chi connectivity index (χ2n) is 7.20. The highest BCUT2D eigenvalue weighted by molar-refractivity contribution is 5.84. The topological polar surface area (TPSA) is 48.0 Å². The fraction of sp³-hybridized carbons (Fsp3) is 0.368. The molecule has 2 saturated heterocycles. The maximum Gasteiger partial charge on any atom is 0.151 e. The quantitative estimate of drug-likeness (QED) is 0.789. The van der Waals surface area contributed by atoms with Crippen LogP contribution < -0.4 is 4.90 Å². The van der Waals surface area contributed by atoms with Gasteiger partial charge in [-0.2, -0.15) is 0 Å². The lowest BCUT2D eigenvalue weighted by molar-refractivity contribution is 0.387. The van der Waals surface area contributed by atoms with Gasteiger partial charge < -0.3 is 14.8 Å². The van der Waals surface area contributed by atoms with Crippen LogP contribution in [-0.4, -0.2) is 53.3 Å². The third-order valence-corrected chi connectivity index (χ3v) is 5.49. The van der Waals surface area contributed by atoms with Gasteiger partial charge >= 0.3 is 0 Å². The Morgan fingerprint density at radius 3 is 2.54 bits per heavy atom. The van der Waals surface area contributed by atoms with E-state index in [9.17, 15) is 0 Å². The molecule has 2 aliphatic rings. The van der Waals surface area contributed by atoms with Crippen LogP contribution >= 0.6 is 0 Å². The molecule has 1 aromatic carbocycles. The van der Waals surface area contributed by atoms with E-state index < -0.39 is 0 Å². The van der Waals surface area contributed by atoms with E-state index in [1.54, 1.807) is 0 Å². The number of hydrogen-bond acceptors (Lipinski definition) is 4. The molecule has 0 radical (unpaired) electrons. The normalized spacial score (nSPS) is 24.0. The van der Waals surface area contributed by atoms with Gasteiger partial charge in [0, 0.05) is 48.8 Å². The molecule has 1 N–H and O–H groups in total. The maximum absolute atomic E-state index is 4.51. The fourth-order valence-corrected chi connectivity index (χ4v) is 4.28. The van der Waals surface area contributed by atoms with E-state index in [4.69, 9.17) is 0 Å². The Labute approximate surface area is 141 Å². The number of aromatic nitrogens is 3. The van der Waals surface area contributed by atoms with Crippen molar-refractivity contribution in [3.8, 4) is 11.3 Å². The summed E-state index contributed by atoms with van der Waals surface area (Å²) in [7, 11) is 2.22. The third-order valence-electron chi connectivity index (χ3n) is 5.49. The van der Waals surface area contributed by atoms with Crippen molar-refractivity contribution in [3.63, 3.8) is 0 Å². The minimum Gasteiger partial charge on any atom is -0.361 e. The highest BCUT2D eigenvalue weighted by Crippen LogP contribution is 2.32. The lowest BCUT2D eigenvalue weighted by atomic mass is 10.0. The second kappa shape index (κ2) is 5.31. The molecule has 5 heteroatoms. The predicted molar refractivity (Wildman–Crippen MR) is 96.0 cm³/mol. The molecule has 3 aromatic rings. The Hall–Kier alpha value is -2.40. The van der Waals surface area contributed by atoms with Crippen LogP contribution in [0.1, 0.15) is 0 Å². The highest BCUT2D eigenvalue weighted by atomic mass is 15.3. The molecule has 4 heterocycles. The lowest BCUT2D eigenvalue weighted by Crippen LogP contribution is -2.27. The van der Waals surface area contributed by atoms with E-state index in [-0.39, 0.29) is 0 Å². The molecule has 122 valence electrons. The molecule has 24 heavy (non-hydrogen) atoms. The Kier molecular flexibility index (Phi) is 3.10. The van der Waals surface area contributed by atoms with Crippen LogP contribution in [0.25, 0.3) is 22.2 Å². The highest BCUT2D eigenvalue weighted by Gasteiger charge is 2.39. The first-order valence-corrected chi connectivity index (χ1v) is 8.61. The Morgan fingerprint density at radius 1 is 0.958 bits per heavy atom. The molecule has 0 bridgehead atoms. The van der Waals surface area contributed by atoms with Crippen LogP contribution in [-0.2, 0) is 0 Å². The number of fused-ring (bicyclic) bond motifs is 2. The van der Waals surface area contributed by atoms with Gasteiger partial charge in [-0.15, -0.1) is 10.2 Å². The Bertz CT molecular complexity index is 855. The molecule has 2 atom stereocenters. The van der Waals surface area contributed by atoms with Gasteiger partial charge in [0.2, 0.25) is 0 Å². The first kappa shape index (κ1) is 14.0. The molecular formula is C19H21N5. The zero-order valence-electron chi connectivity index (χ0n) is 13.8. The van der Waals surface area contributed by atoms with Gasteiger partial charge in [0.25, 0.3) is 0 Å². The van der Waals surface area contributed by atoms with Crippen molar-refractivity contribution in [1.82, 2.24) is 20.1 Å². The number of nitrogens with zero attached hydrogens (tertiary/aromatic N) is 4. The van der Waals surface area contributed by atoms with Crippen molar-refractivity contribution < 1.29 is 0 Å². The van der Waals surface area contributed by atoms with Crippen molar-refractivity contribution in [3.05, 3.63) is 42.6 Å². The molecule has 2 aliphatic heterocycles. The summed E-state index contributed by atoms with van der Waals surface area (Å²) in [6.07, 6.45) is 1.96. The molecule has 5 rings (SSSR count). The number of nitrogens with one attached hydrogen (secondary N) is 1. The number of rotatable bonds is 2. The van der Waals surface area contributed by atoms with Gasteiger partial charge in [0.1, 0.15) is 0 Å². The van der Waals surface area contributed by atoms with Gasteiger partial charge in [-0.25, -0.2) is 0 Å². The maximum atomic E-state index is 4.51. The standard InChI is InChI=1S/C19H21N5/c1-23-9-15-11-24(12-16(15)10-23)19-5-4-18(21-22-19)13-2-3-17-14(8-13)6-7-20-17/h2-8,15-16,20H,9-12H2,1H3/t15-,16+. The summed E-state index contributed by atoms with van der Waals surface area (Å²) in [6.45, 7) is 4.64. The minimum absolute atomic E-state index is 0.785. The molecule has 2 fully saturated rings. The molecular weight excluding hydrogens is 298 g/mol. The van der Waals surface area contributed by atoms with Crippen LogP contribution in [0.2, 0.25) is 0 Å². The van der Waals surface area contributed by atoms with Crippen molar-refractivity contribution in [2.45, 2.75) is 0 Å². The molecule has 0 saturated carbocycles. The summed E-state index contributed by atoms with van der Waals surface area (Å²) >= 11 is 0. The molecule has 0 unspecified atom stereocenters. The van der Waals surface area contributed by atoms with Crippen molar-refractivity contribution in [2.24, 2.45) is 11.8 Å². The molecule has 0 amide bonds. The number of aromatic amines is 1. The second-order valence-corrected chi connectivity index (χ2v) is 7.20. The van der Waals surface area contributed by atoms with Crippen LogP contribution in [0.3, 0.4) is 0 Å². The number of hydrogen-bond donors (Lipinski definition) is 1. The molecule has 2 aromatic heterocycles. The van der Waals surface area contributed by atoms with Crippen LogP contribution in [0.15, 0.2) is 42.6 Å². The van der Waals surface area contributed by atoms with Gasteiger partial charge in [-0.3, -0.25) is 0 Å². The number of H-pyrrole nitrogens is 1. The minimum atomic E-state index is 0.785. The van der Waals surface area contributed by atoms with Crippen molar-refractivity contribution in [2.75, 3.05) is 38.1 Å². The van der Waals surface area contributed by atoms with Gasteiger partial charge in [0.15, 0.2) is 5.82 Å². The zero-order chi connectivity index (χ0) is 16.1. The summed E-state index contributed by atoms with van der Waals surface area (Å²) in [4.78, 5) is 8.06. The third kappa shape index (κ3) is 2.27. The van der Waals surface area contributed by atoms with Crippen molar-refractivity contribution in [1.29, 1.82) is 0 Å². The van der Waals surface area contributed by atoms with E-state index in [1.807, 2.05) is 6.20 Å². The molecule has 5 nitrogen and oxygen atoms in total. The summed E-state index contributed by atoms with van der Waals surface area (Å²) in [5.41, 5.74) is 3.19. The predicted octanol–water partition coefficient (Wildman–Crippen LogP) is 2.62. The largest absolute Gasteiger partial charge is 0.361 e. The molecule has 0 aliphatic carbocycles. The molecule has 0 spiro atoms. The summed E-state index contributed by atoms with van der Waals surface area (Å²) < 4.78 is 0.